The van der Waals surface area contributed by atoms with Crippen molar-refractivity contribution in [2.45, 2.75) is 25.0 Å². The summed E-state index contributed by atoms with van der Waals surface area (Å²) in [6.45, 7) is 2.23. The zero-order chi connectivity index (χ0) is 19.9. The Morgan fingerprint density at radius 2 is 1.64 bits per heavy atom. The lowest BCUT2D eigenvalue weighted by Crippen LogP contribution is -2.62. The van der Waals surface area contributed by atoms with Crippen LogP contribution in [0.2, 0.25) is 0 Å². The Morgan fingerprint density at radius 3 is 2.29 bits per heavy atom. The molecule has 3 unspecified atom stereocenters. The summed E-state index contributed by atoms with van der Waals surface area (Å²) in [6, 6.07) is 16.5. The number of amides is 1. The van der Waals surface area contributed by atoms with Gasteiger partial charge in [0.05, 0.1) is 31.2 Å². The summed E-state index contributed by atoms with van der Waals surface area (Å²) in [5.41, 5.74) is 1.79. The zero-order valence-electron chi connectivity index (χ0n) is 16.0. The molecule has 0 aromatic heterocycles. The molecule has 0 bridgehead atoms. The summed E-state index contributed by atoms with van der Waals surface area (Å²) >= 11 is 0. The third-order valence-corrected chi connectivity index (χ3v) is 7.47. The van der Waals surface area contributed by atoms with Gasteiger partial charge in [-0.3, -0.25) is 9.69 Å². The molecule has 2 aromatic carbocycles. The molecule has 2 saturated heterocycles. The molecule has 0 aliphatic carbocycles. The first-order valence-electron chi connectivity index (χ1n) is 9.37. The van der Waals surface area contributed by atoms with Crippen molar-refractivity contribution in [3.63, 3.8) is 0 Å². The summed E-state index contributed by atoms with van der Waals surface area (Å²) in [7, 11) is -1.63. The highest BCUT2D eigenvalue weighted by molar-refractivity contribution is 7.91. The molecule has 0 spiro atoms. The average molecular weight is 401 g/mol. The molecule has 4 rings (SSSR count). The fourth-order valence-corrected chi connectivity index (χ4v) is 6.30. The third kappa shape index (κ3) is 3.40. The normalized spacial score (nSPS) is 25.4. The molecular weight excluding hydrogens is 376 g/mol. The van der Waals surface area contributed by atoms with Crippen LogP contribution in [-0.4, -0.2) is 56.5 Å². The summed E-state index contributed by atoms with van der Waals surface area (Å²) in [6.07, 6.45) is 0. The van der Waals surface area contributed by atoms with Crippen molar-refractivity contribution in [3.8, 4) is 5.75 Å². The van der Waals surface area contributed by atoms with Crippen molar-refractivity contribution in [2.75, 3.05) is 30.1 Å². The molecule has 2 aromatic rings. The van der Waals surface area contributed by atoms with Gasteiger partial charge in [-0.1, -0.05) is 30.3 Å². The van der Waals surface area contributed by atoms with E-state index >= 15 is 0 Å². The van der Waals surface area contributed by atoms with Gasteiger partial charge in [-0.15, -0.1) is 0 Å². The molecule has 2 fully saturated rings. The number of sulfone groups is 1. The molecule has 2 heterocycles. The Kier molecular flexibility index (Phi) is 4.89. The minimum Gasteiger partial charge on any atom is -0.497 e. The fourth-order valence-electron chi connectivity index (χ4n) is 4.33. The number of rotatable bonds is 4. The Morgan fingerprint density at radius 1 is 1.00 bits per heavy atom. The average Bonchev–Trinajstić information content (AvgIpc) is 3.02. The monoisotopic (exact) mass is 400 g/mol. The predicted octanol–water partition coefficient (Wildman–Crippen LogP) is 2.27. The standard InChI is InChI=1S/C21H24N2O4S/c1-15(16-6-4-3-5-7-16)22-12-21(24)23(17-8-10-18(27-2)11-9-17)20-14-28(25,26)13-19(20)22/h3-11,15,19-20H,12-14H2,1-2H3. The number of carbonyl (C=O) groups excluding carboxylic acids is 1. The molecule has 6 nitrogen and oxygen atoms in total. The van der Waals surface area contributed by atoms with E-state index in [1.165, 1.54) is 0 Å². The molecule has 0 radical (unpaired) electrons. The lowest BCUT2D eigenvalue weighted by molar-refractivity contribution is -0.124. The van der Waals surface area contributed by atoms with Crippen molar-refractivity contribution in [2.24, 2.45) is 0 Å². The molecule has 1 amide bonds. The molecule has 0 saturated carbocycles. The predicted molar refractivity (Wildman–Crippen MR) is 108 cm³/mol. The van der Waals surface area contributed by atoms with Gasteiger partial charge in [-0.05, 0) is 36.8 Å². The SMILES string of the molecule is COc1ccc(N2C(=O)CN(C(C)c3ccccc3)C3CS(=O)(=O)CC32)cc1. The van der Waals surface area contributed by atoms with Crippen LogP contribution >= 0.6 is 0 Å². The van der Waals surface area contributed by atoms with E-state index in [2.05, 4.69) is 0 Å². The van der Waals surface area contributed by atoms with Crippen LogP contribution in [-0.2, 0) is 14.6 Å². The molecule has 0 N–H and O–H groups in total. The van der Waals surface area contributed by atoms with Crippen LogP contribution in [0.25, 0.3) is 0 Å². The number of hydrogen-bond donors (Lipinski definition) is 0. The summed E-state index contributed by atoms with van der Waals surface area (Å²) in [5, 5.41) is 0. The van der Waals surface area contributed by atoms with E-state index in [0.29, 0.717) is 11.4 Å². The number of nitrogens with zero attached hydrogens (tertiary/aromatic N) is 2. The van der Waals surface area contributed by atoms with Crippen LogP contribution in [0.15, 0.2) is 54.6 Å². The maximum absolute atomic E-state index is 13.1. The maximum Gasteiger partial charge on any atom is 0.241 e. The number of ether oxygens (including phenoxy) is 1. The van der Waals surface area contributed by atoms with E-state index in [1.807, 2.05) is 54.3 Å². The van der Waals surface area contributed by atoms with E-state index in [-0.39, 0.29) is 42.1 Å². The molecule has 2 aliphatic rings. The van der Waals surface area contributed by atoms with Crippen molar-refractivity contribution >= 4 is 21.4 Å². The molecular formula is C21H24N2O4S. The molecule has 7 heteroatoms. The highest BCUT2D eigenvalue weighted by Gasteiger charge is 2.50. The fraction of sp³-hybridized carbons (Fsp3) is 0.381. The number of fused-ring (bicyclic) bond motifs is 1. The number of benzene rings is 2. The second-order valence-corrected chi connectivity index (χ2v) is 9.59. The largest absolute Gasteiger partial charge is 0.497 e. The van der Waals surface area contributed by atoms with E-state index in [9.17, 15) is 13.2 Å². The smallest absolute Gasteiger partial charge is 0.241 e. The number of carbonyl (C=O) groups is 1. The van der Waals surface area contributed by atoms with Crippen molar-refractivity contribution in [3.05, 3.63) is 60.2 Å². The van der Waals surface area contributed by atoms with Gasteiger partial charge in [-0.25, -0.2) is 8.42 Å². The van der Waals surface area contributed by atoms with E-state index in [4.69, 9.17) is 4.74 Å². The Balaban J connectivity index is 1.69. The second kappa shape index (κ2) is 7.22. The van der Waals surface area contributed by atoms with Crippen molar-refractivity contribution < 1.29 is 17.9 Å². The van der Waals surface area contributed by atoms with Gasteiger partial charge < -0.3 is 9.64 Å². The van der Waals surface area contributed by atoms with Gasteiger partial charge >= 0.3 is 0 Å². The van der Waals surface area contributed by atoms with Crippen LogP contribution in [0.4, 0.5) is 5.69 Å². The van der Waals surface area contributed by atoms with E-state index in [1.54, 1.807) is 24.1 Å². The van der Waals surface area contributed by atoms with Crippen LogP contribution in [0.3, 0.4) is 0 Å². The van der Waals surface area contributed by atoms with Crippen LogP contribution in [0.5, 0.6) is 5.75 Å². The minimum absolute atomic E-state index is 0.00650. The Bertz CT molecular complexity index is 960. The van der Waals surface area contributed by atoms with Gasteiger partial charge in [0.2, 0.25) is 5.91 Å². The van der Waals surface area contributed by atoms with Gasteiger partial charge in [0, 0.05) is 17.8 Å². The highest BCUT2D eigenvalue weighted by Crippen LogP contribution is 2.36. The lowest BCUT2D eigenvalue weighted by atomic mass is 9.98. The number of hydrogen-bond acceptors (Lipinski definition) is 5. The van der Waals surface area contributed by atoms with E-state index < -0.39 is 9.84 Å². The third-order valence-electron chi connectivity index (χ3n) is 5.77. The van der Waals surface area contributed by atoms with Crippen LogP contribution in [0, 0.1) is 0 Å². The van der Waals surface area contributed by atoms with Gasteiger partial charge in [-0.2, -0.15) is 0 Å². The second-order valence-electron chi connectivity index (χ2n) is 7.43. The van der Waals surface area contributed by atoms with Crippen molar-refractivity contribution in [1.29, 1.82) is 0 Å². The quantitative estimate of drug-likeness (QED) is 0.788. The summed E-state index contributed by atoms with van der Waals surface area (Å²) < 4.78 is 30.2. The van der Waals surface area contributed by atoms with Gasteiger partial charge in [0.1, 0.15) is 5.75 Å². The van der Waals surface area contributed by atoms with Gasteiger partial charge in [0.15, 0.2) is 9.84 Å². The van der Waals surface area contributed by atoms with Crippen LogP contribution in [0.1, 0.15) is 18.5 Å². The number of anilines is 1. The molecule has 148 valence electrons. The van der Waals surface area contributed by atoms with Gasteiger partial charge in [0.25, 0.3) is 0 Å². The first-order valence-corrected chi connectivity index (χ1v) is 11.2. The van der Waals surface area contributed by atoms with Crippen LogP contribution < -0.4 is 9.64 Å². The number of methoxy groups -OCH3 is 1. The van der Waals surface area contributed by atoms with E-state index in [0.717, 1.165) is 5.56 Å². The highest BCUT2D eigenvalue weighted by atomic mass is 32.2. The lowest BCUT2D eigenvalue weighted by Gasteiger charge is -2.46. The summed E-state index contributed by atoms with van der Waals surface area (Å²) in [4.78, 5) is 16.8. The number of piperazine rings is 1. The minimum atomic E-state index is -3.21. The zero-order valence-corrected chi connectivity index (χ0v) is 16.8. The first kappa shape index (κ1) is 19.0. The first-order chi connectivity index (χ1) is 13.4. The molecule has 2 aliphatic heterocycles. The molecule has 3 atom stereocenters. The summed E-state index contributed by atoms with van der Waals surface area (Å²) in [5.74, 6) is 0.691. The maximum atomic E-state index is 13.1. The van der Waals surface area contributed by atoms with Crippen molar-refractivity contribution in [1.82, 2.24) is 4.90 Å². The molecule has 28 heavy (non-hydrogen) atoms. The Labute approximate surface area is 165 Å². The topological polar surface area (TPSA) is 66.9 Å². The Hall–Kier alpha value is -2.38.